The quantitative estimate of drug-likeness (QED) is 0.678. The van der Waals surface area contributed by atoms with Crippen LogP contribution < -0.4 is 5.32 Å². The molecule has 3 nitrogen and oxygen atoms in total. The minimum absolute atomic E-state index is 0.0229. The van der Waals surface area contributed by atoms with Gasteiger partial charge in [0, 0.05) is 13.0 Å². The van der Waals surface area contributed by atoms with Gasteiger partial charge in [0.15, 0.2) is 0 Å². The van der Waals surface area contributed by atoms with E-state index in [4.69, 9.17) is 0 Å². The second-order valence-electron chi connectivity index (χ2n) is 4.21. The van der Waals surface area contributed by atoms with E-state index < -0.39 is 6.10 Å². The first-order chi connectivity index (χ1) is 5.93. The Morgan fingerprint density at radius 1 is 1.31 bits per heavy atom. The van der Waals surface area contributed by atoms with Crippen LogP contribution in [0.1, 0.15) is 34.1 Å². The Bertz CT molecular complexity index is 155. The van der Waals surface area contributed by atoms with E-state index in [9.17, 15) is 9.90 Å². The summed E-state index contributed by atoms with van der Waals surface area (Å²) in [7, 11) is 0. The molecule has 0 aliphatic heterocycles. The fourth-order valence-corrected chi connectivity index (χ4v) is 0.897. The van der Waals surface area contributed by atoms with Gasteiger partial charge in [-0.1, -0.05) is 27.7 Å². The normalized spacial score (nSPS) is 13.5. The molecule has 0 fully saturated rings. The highest BCUT2D eigenvalue weighted by Gasteiger charge is 2.11. The fourth-order valence-electron chi connectivity index (χ4n) is 0.897. The Kier molecular flexibility index (Phi) is 5.71. The van der Waals surface area contributed by atoms with Crippen molar-refractivity contribution >= 4 is 5.91 Å². The van der Waals surface area contributed by atoms with Crippen molar-refractivity contribution in [1.29, 1.82) is 0 Å². The van der Waals surface area contributed by atoms with Gasteiger partial charge >= 0.3 is 0 Å². The average Bonchev–Trinajstić information content (AvgIpc) is 1.98. The summed E-state index contributed by atoms with van der Waals surface area (Å²) < 4.78 is 0. The summed E-state index contributed by atoms with van der Waals surface area (Å²) in [5.74, 6) is 0.588. The predicted molar refractivity (Wildman–Crippen MR) is 53.3 cm³/mol. The Labute approximate surface area is 80.5 Å². The predicted octanol–water partition coefficient (Wildman–Crippen LogP) is 1.17. The molecule has 13 heavy (non-hydrogen) atoms. The van der Waals surface area contributed by atoms with Crippen LogP contribution in [0, 0.1) is 11.8 Å². The van der Waals surface area contributed by atoms with E-state index in [1.165, 1.54) is 0 Å². The van der Waals surface area contributed by atoms with Gasteiger partial charge in [0.25, 0.3) is 0 Å². The van der Waals surface area contributed by atoms with Crippen LogP contribution >= 0.6 is 0 Å². The Morgan fingerprint density at radius 3 is 2.23 bits per heavy atom. The van der Waals surface area contributed by atoms with Crippen molar-refractivity contribution in [2.45, 2.75) is 40.2 Å². The summed E-state index contributed by atoms with van der Waals surface area (Å²) in [5, 5.41) is 12.1. The molecule has 0 bridgehead atoms. The maximum Gasteiger partial charge on any atom is 0.220 e. The molecule has 0 aliphatic carbocycles. The lowest BCUT2D eigenvalue weighted by Gasteiger charge is -2.15. The number of carbonyl (C=O) groups excluding carboxylic acids is 1. The van der Waals surface area contributed by atoms with Gasteiger partial charge in [0.2, 0.25) is 5.91 Å². The lowest BCUT2D eigenvalue weighted by Crippen LogP contribution is -2.35. The topological polar surface area (TPSA) is 49.3 Å². The smallest absolute Gasteiger partial charge is 0.220 e. The Balaban J connectivity index is 3.58. The van der Waals surface area contributed by atoms with Crippen LogP contribution in [0.3, 0.4) is 0 Å². The monoisotopic (exact) mass is 187 g/mol. The molecule has 0 aromatic heterocycles. The first-order valence-corrected chi connectivity index (χ1v) is 4.88. The molecule has 3 heteroatoms. The third-order valence-electron chi connectivity index (χ3n) is 1.87. The van der Waals surface area contributed by atoms with Crippen LogP contribution in [0.2, 0.25) is 0 Å². The molecule has 0 aromatic rings. The van der Waals surface area contributed by atoms with Gasteiger partial charge in [-0.2, -0.15) is 0 Å². The highest BCUT2D eigenvalue weighted by Crippen LogP contribution is 2.01. The number of aliphatic hydroxyl groups is 1. The van der Waals surface area contributed by atoms with E-state index in [0.717, 1.165) is 0 Å². The molecule has 0 rings (SSSR count). The summed E-state index contributed by atoms with van der Waals surface area (Å²) in [6, 6.07) is 0. The second-order valence-corrected chi connectivity index (χ2v) is 4.21. The number of hydrogen-bond donors (Lipinski definition) is 2. The zero-order valence-corrected chi connectivity index (χ0v) is 9.00. The van der Waals surface area contributed by atoms with Crippen molar-refractivity contribution < 1.29 is 9.90 Å². The highest BCUT2D eigenvalue weighted by atomic mass is 16.3. The van der Waals surface area contributed by atoms with Crippen molar-refractivity contribution in [2.75, 3.05) is 6.54 Å². The molecular weight excluding hydrogens is 166 g/mol. The summed E-state index contributed by atoms with van der Waals surface area (Å²) in [4.78, 5) is 11.2. The highest BCUT2D eigenvalue weighted by molar-refractivity contribution is 5.76. The van der Waals surface area contributed by atoms with E-state index in [1.807, 2.05) is 27.7 Å². The molecule has 0 aromatic carbocycles. The first-order valence-electron chi connectivity index (χ1n) is 4.88. The van der Waals surface area contributed by atoms with E-state index in [1.54, 1.807) is 0 Å². The zero-order chi connectivity index (χ0) is 10.4. The van der Waals surface area contributed by atoms with E-state index in [-0.39, 0.29) is 11.8 Å². The largest absolute Gasteiger partial charge is 0.391 e. The maximum absolute atomic E-state index is 11.2. The molecule has 0 unspecified atom stereocenters. The van der Waals surface area contributed by atoms with Crippen LogP contribution in [0.5, 0.6) is 0 Å². The lowest BCUT2D eigenvalue weighted by atomic mass is 10.1. The van der Waals surface area contributed by atoms with Gasteiger partial charge in [0.1, 0.15) is 0 Å². The standard InChI is InChI=1S/C10H21NO2/c1-7(2)5-10(13)11-6-9(12)8(3)4/h7-9,12H,5-6H2,1-4H3,(H,11,13)/t9-/m1/s1. The number of carbonyl (C=O) groups is 1. The number of amides is 1. The molecule has 0 heterocycles. The van der Waals surface area contributed by atoms with Crippen molar-refractivity contribution in [1.82, 2.24) is 5.32 Å². The van der Waals surface area contributed by atoms with Gasteiger partial charge < -0.3 is 10.4 Å². The average molecular weight is 187 g/mol. The Hall–Kier alpha value is -0.570. The molecular formula is C10H21NO2. The number of aliphatic hydroxyl groups excluding tert-OH is 1. The molecule has 0 spiro atoms. The second kappa shape index (κ2) is 5.97. The third kappa shape index (κ3) is 6.58. The van der Waals surface area contributed by atoms with E-state index >= 15 is 0 Å². The van der Waals surface area contributed by atoms with Gasteiger partial charge in [-0.15, -0.1) is 0 Å². The molecule has 0 aliphatic rings. The van der Waals surface area contributed by atoms with Crippen molar-refractivity contribution in [3.8, 4) is 0 Å². The van der Waals surface area contributed by atoms with Crippen molar-refractivity contribution in [2.24, 2.45) is 11.8 Å². The van der Waals surface area contributed by atoms with Crippen LogP contribution in [-0.2, 0) is 4.79 Å². The van der Waals surface area contributed by atoms with E-state index in [2.05, 4.69) is 5.32 Å². The van der Waals surface area contributed by atoms with Crippen LogP contribution in [-0.4, -0.2) is 23.7 Å². The Morgan fingerprint density at radius 2 is 1.85 bits per heavy atom. The van der Waals surface area contributed by atoms with Gasteiger partial charge in [-0.05, 0) is 11.8 Å². The summed E-state index contributed by atoms with van der Waals surface area (Å²) in [6.07, 6.45) is 0.0984. The molecule has 78 valence electrons. The number of nitrogens with one attached hydrogen (secondary N) is 1. The summed E-state index contributed by atoms with van der Waals surface area (Å²) in [6.45, 7) is 8.22. The van der Waals surface area contributed by atoms with Crippen molar-refractivity contribution in [3.05, 3.63) is 0 Å². The minimum atomic E-state index is -0.434. The van der Waals surface area contributed by atoms with Gasteiger partial charge in [0.05, 0.1) is 6.10 Å². The molecule has 2 N–H and O–H groups in total. The van der Waals surface area contributed by atoms with Crippen LogP contribution in [0.15, 0.2) is 0 Å². The van der Waals surface area contributed by atoms with Crippen LogP contribution in [0.25, 0.3) is 0 Å². The third-order valence-corrected chi connectivity index (χ3v) is 1.87. The van der Waals surface area contributed by atoms with Crippen molar-refractivity contribution in [3.63, 3.8) is 0 Å². The number of rotatable bonds is 5. The molecule has 0 saturated carbocycles. The summed E-state index contributed by atoms with van der Waals surface area (Å²) >= 11 is 0. The lowest BCUT2D eigenvalue weighted by molar-refractivity contribution is -0.122. The SMILES string of the molecule is CC(C)CC(=O)NC[C@@H](O)C(C)C. The summed E-state index contributed by atoms with van der Waals surface area (Å²) in [5.41, 5.74) is 0. The molecule has 0 saturated heterocycles. The van der Waals surface area contributed by atoms with Gasteiger partial charge in [-0.3, -0.25) is 4.79 Å². The molecule has 1 atom stereocenters. The van der Waals surface area contributed by atoms with Gasteiger partial charge in [-0.25, -0.2) is 0 Å². The minimum Gasteiger partial charge on any atom is -0.391 e. The maximum atomic E-state index is 11.2. The molecule has 1 amide bonds. The molecule has 0 radical (unpaired) electrons. The van der Waals surface area contributed by atoms with Crippen LogP contribution in [0.4, 0.5) is 0 Å². The zero-order valence-electron chi connectivity index (χ0n) is 9.00. The van der Waals surface area contributed by atoms with E-state index in [0.29, 0.717) is 18.9 Å². The number of hydrogen-bond acceptors (Lipinski definition) is 2. The first kappa shape index (κ1) is 12.4. The fraction of sp³-hybridized carbons (Fsp3) is 0.900.